The minimum absolute atomic E-state index is 0.238. The monoisotopic (exact) mass is 150 g/mol. The van der Waals surface area contributed by atoms with Crippen molar-refractivity contribution in [1.29, 1.82) is 0 Å². The fourth-order valence-corrected chi connectivity index (χ4v) is 0.567. The second-order valence-electron chi connectivity index (χ2n) is 2.15. The third kappa shape index (κ3) is 8.76. The molecule has 0 heterocycles. The van der Waals surface area contributed by atoms with Gasteiger partial charge in [0.1, 0.15) is 0 Å². The van der Waals surface area contributed by atoms with Gasteiger partial charge in [0.05, 0.1) is 5.76 Å². The molecule has 0 aliphatic heterocycles. The number of aliphatic hydroxyl groups is 1. The molecule has 1 heteroatoms. The number of rotatable bonds is 5. The van der Waals surface area contributed by atoms with E-state index < -0.39 is 0 Å². The summed E-state index contributed by atoms with van der Waals surface area (Å²) in [7, 11) is 0. The molecule has 1 N–H and O–H groups in total. The summed E-state index contributed by atoms with van der Waals surface area (Å²) in [5.74, 6) is 0.238. The Morgan fingerprint density at radius 2 is 2.00 bits per heavy atom. The molecule has 0 fully saturated rings. The first kappa shape index (κ1) is 9.76. The minimum atomic E-state index is 0.238. The zero-order valence-corrected chi connectivity index (χ0v) is 6.66. The molecule has 0 aliphatic rings. The Hall–Kier alpha value is -1.24. The van der Waals surface area contributed by atoms with Crippen molar-refractivity contribution >= 4 is 0 Å². The van der Waals surface area contributed by atoms with E-state index in [0.717, 1.165) is 6.42 Å². The van der Waals surface area contributed by atoms with Crippen LogP contribution in [0.1, 0.15) is 12.8 Å². The molecule has 0 radical (unpaired) electrons. The molecule has 1 nitrogen and oxygen atoms in total. The maximum atomic E-state index is 8.69. The normalized spacial score (nSPS) is 10.9. The predicted octanol–water partition coefficient (Wildman–Crippen LogP) is 3.14. The van der Waals surface area contributed by atoms with Crippen molar-refractivity contribution in [3.63, 3.8) is 0 Å². The lowest BCUT2D eigenvalue weighted by atomic mass is 10.2. The average Bonchev–Trinajstić information content (AvgIpc) is 1.96. The largest absolute Gasteiger partial charge is 0.513 e. The summed E-state index contributed by atoms with van der Waals surface area (Å²) < 4.78 is 0. The highest BCUT2D eigenvalue weighted by Crippen LogP contribution is 1.98. The van der Waals surface area contributed by atoms with Crippen LogP contribution in [0.4, 0.5) is 0 Å². The lowest BCUT2D eigenvalue weighted by molar-refractivity contribution is 0.392. The molecular formula is C10H14O. The van der Waals surface area contributed by atoms with Crippen molar-refractivity contribution in [3.05, 3.63) is 49.3 Å². The summed E-state index contributed by atoms with van der Waals surface area (Å²) in [5, 5.41) is 8.69. The van der Waals surface area contributed by atoms with Crippen LogP contribution in [0.15, 0.2) is 49.3 Å². The maximum absolute atomic E-state index is 8.69. The first-order chi connectivity index (χ1) is 5.27. The Labute approximate surface area is 68.1 Å². The van der Waals surface area contributed by atoms with E-state index in [9.17, 15) is 0 Å². The van der Waals surface area contributed by atoms with Gasteiger partial charge in [0, 0.05) is 6.42 Å². The maximum Gasteiger partial charge on any atom is 0.0854 e. The Kier molecular flexibility index (Phi) is 6.10. The van der Waals surface area contributed by atoms with E-state index in [2.05, 4.69) is 13.2 Å². The van der Waals surface area contributed by atoms with Gasteiger partial charge in [0.2, 0.25) is 0 Å². The van der Waals surface area contributed by atoms with Gasteiger partial charge >= 0.3 is 0 Å². The van der Waals surface area contributed by atoms with Gasteiger partial charge in [-0.15, -0.1) is 0 Å². The lowest BCUT2D eigenvalue weighted by Gasteiger charge is -1.89. The van der Waals surface area contributed by atoms with Gasteiger partial charge in [-0.05, 0) is 6.42 Å². The average molecular weight is 150 g/mol. The van der Waals surface area contributed by atoms with Gasteiger partial charge in [-0.25, -0.2) is 0 Å². The number of allylic oxidation sites excluding steroid dienone is 6. The van der Waals surface area contributed by atoms with Crippen molar-refractivity contribution in [2.24, 2.45) is 0 Å². The molecule has 0 atom stereocenters. The molecule has 0 rings (SSSR count). The van der Waals surface area contributed by atoms with Crippen molar-refractivity contribution in [2.75, 3.05) is 0 Å². The van der Waals surface area contributed by atoms with Crippen LogP contribution in [-0.4, -0.2) is 5.11 Å². The van der Waals surface area contributed by atoms with Crippen LogP contribution in [0.3, 0.4) is 0 Å². The van der Waals surface area contributed by atoms with Gasteiger partial charge < -0.3 is 5.11 Å². The van der Waals surface area contributed by atoms with Gasteiger partial charge in [0.15, 0.2) is 0 Å². The Balaban J connectivity index is 3.37. The van der Waals surface area contributed by atoms with E-state index in [4.69, 9.17) is 5.11 Å². The predicted molar refractivity (Wildman–Crippen MR) is 49.5 cm³/mol. The van der Waals surface area contributed by atoms with Crippen LogP contribution in [0.5, 0.6) is 0 Å². The molecule has 0 saturated heterocycles. The smallest absolute Gasteiger partial charge is 0.0854 e. The second kappa shape index (κ2) is 6.87. The highest BCUT2D eigenvalue weighted by Gasteiger charge is 1.82. The summed E-state index contributed by atoms with van der Waals surface area (Å²) in [6, 6.07) is 0. The first-order valence-corrected chi connectivity index (χ1v) is 3.58. The third-order valence-corrected chi connectivity index (χ3v) is 1.09. The van der Waals surface area contributed by atoms with Gasteiger partial charge in [-0.2, -0.15) is 0 Å². The Morgan fingerprint density at radius 1 is 1.27 bits per heavy atom. The van der Waals surface area contributed by atoms with E-state index in [0.29, 0.717) is 6.42 Å². The quantitative estimate of drug-likeness (QED) is 0.471. The van der Waals surface area contributed by atoms with Crippen LogP contribution in [0.25, 0.3) is 0 Å². The highest BCUT2D eigenvalue weighted by molar-refractivity contribution is 5.08. The molecule has 0 aromatic rings. The summed E-state index contributed by atoms with van der Waals surface area (Å²) in [6.45, 7) is 6.91. The standard InChI is InChI=1S/C10H14O/c1-3-4-5-6-7-8-9-10(2)11/h3-7,11H,1-2,8-9H2/b5-4-,7-6-. The highest BCUT2D eigenvalue weighted by atomic mass is 16.3. The molecule has 0 unspecified atom stereocenters. The van der Waals surface area contributed by atoms with E-state index in [1.54, 1.807) is 6.08 Å². The fraction of sp³-hybridized carbons (Fsp3) is 0.200. The van der Waals surface area contributed by atoms with Crippen LogP contribution >= 0.6 is 0 Å². The number of aliphatic hydroxyl groups excluding tert-OH is 1. The van der Waals surface area contributed by atoms with Crippen LogP contribution in [0, 0.1) is 0 Å². The van der Waals surface area contributed by atoms with Crippen LogP contribution in [-0.2, 0) is 0 Å². The van der Waals surface area contributed by atoms with E-state index >= 15 is 0 Å². The van der Waals surface area contributed by atoms with Crippen molar-refractivity contribution < 1.29 is 5.11 Å². The van der Waals surface area contributed by atoms with E-state index in [1.807, 2.05) is 24.3 Å². The number of hydrogen-bond donors (Lipinski definition) is 1. The molecule has 11 heavy (non-hydrogen) atoms. The lowest BCUT2D eigenvalue weighted by Crippen LogP contribution is -1.74. The van der Waals surface area contributed by atoms with Crippen molar-refractivity contribution in [3.8, 4) is 0 Å². The van der Waals surface area contributed by atoms with E-state index in [-0.39, 0.29) is 5.76 Å². The zero-order valence-electron chi connectivity index (χ0n) is 6.66. The zero-order chi connectivity index (χ0) is 8.53. The Morgan fingerprint density at radius 3 is 2.55 bits per heavy atom. The topological polar surface area (TPSA) is 20.2 Å². The molecule has 0 saturated carbocycles. The summed E-state index contributed by atoms with van der Waals surface area (Å²) in [6.07, 6.45) is 10.8. The first-order valence-electron chi connectivity index (χ1n) is 3.58. The molecule has 0 aliphatic carbocycles. The molecule has 0 bridgehead atoms. The second-order valence-corrected chi connectivity index (χ2v) is 2.15. The Bertz CT molecular complexity index is 175. The molecule has 0 aromatic heterocycles. The summed E-state index contributed by atoms with van der Waals surface area (Å²) in [5.41, 5.74) is 0. The van der Waals surface area contributed by atoms with Gasteiger partial charge in [-0.1, -0.05) is 43.5 Å². The third-order valence-electron chi connectivity index (χ3n) is 1.09. The molecule has 0 amide bonds. The van der Waals surface area contributed by atoms with Crippen LogP contribution < -0.4 is 0 Å². The fourth-order valence-electron chi connectivity index (χ4n) is 0.567. The van der Waals surface area contributed by atoms with Gasteiger partial charge in [-0.3, -0.25) is 0 Å². The molecule has 0 spiro atoms. The summed E-state index contributed by atoms with van der Waals surface area (Å²) >= 11 is 0. The summed E-state index contributed by atoms with van der Waals surface area (Å²) in [4.78, 5) is 0. The minimum Gasteiger partial charge on any atom is -0.513 e. The number of hydrogen-bond acceptors (Lipinski definition) is 1. The van der Waals surface area contributed by atoms with Crippen molar-refractivity contribution in [2.45, 2.75) is 12.8 Å². The van der Waals surface area contributed by atoms with Crippen molar-refractivity contribution in [1.82, 2.24) is 0 Å². The molecule has 0 aromatic carbocycles. The van der Waals surface area contributed by atoms with Gasteiger partial charge in [0.25, 0.3) is 0 Å². The SMILES string of the molecule is C=C/C=C\C=C/CCC(=C)O. The molecular weight excluding hydrogens is 136 g/mol. The van der Waals surface area contributed by atoms with E-state index in [1.165, 1.54) is 0 Å². The van der Waals surface area contributed by atoms with Crippen LogP contribution in [0.2, 0.25) is 0 Å². The molecule has 60 valence electrons.